The first kappa shape index (κ1) is 23.0. The van der Waals surface area contributed by atoms with Gasteiger partial charge in [-0.2, -0.15) is 0 Å². The Morgan fingerprint density at radius 2 is 1.81 bits per heavy atom. The molecule has 7 heteroatoms. The van der Waals surface area contributed by atoms with Gasteiger partial charge in [0.2, 0.25) is 11.8 Å². The van der Waals surface area contributed by atoms with Gasteiger partial charge in [0.15, 0.2) is 5.13 Å². The summed E-state index contributed by atoms with van der Waals surface area (Å²) < 4.78 is 0. The minimum atomic E-state index is -0.105. The maximum Gasteiger partial charge on any atom is 0.236 e. The van der Waals surface area contributed by atoms with E-state index in [1.165, 1.54) is 28.7 Å². The molecule has 2 N–H and O–H groups in total. The smallest absolute Gasteiger partial charge is 0.236 e. The second kappa shape index (κ2) is 11.1. The van der Waals surface area contributed by atoms with E-state index in [0.717, 1.165) is 39.6 Å². The molecular weight excluding hydrogens is 426 g/mol. The van der Waals surface area contributed by atoms with Crippen molar-refractivity contribution in [1.82, 2.24) is 4.98 Å². The first-order valence-corrected chi connectivity index (χ1v) is 12.1. The number of anilines is 2. The van der Waals surface area contributed by atoms with Crippen LogP contribution >= 0.6 is 23.1 Å². The van der Waals surface area contributed by atoms with Crippen molar-refractivity contribution >= 4 is 45.7 Å². The van der Waals surface area contributed by atoms with E-state index in [2.05, 4.69) is 41.6 Å². The molecule has 0 fully saturated rings. The molecule has 0 aliphatic heterocycles. The van der Waals surface area contributed by atoms with Crippen molar-refractivity contribution in [2.75, 3.05) is 16.4 Å². The fraction of sp³-hybridized carbons (Fsp3) is 0.292. The number of nitrogens with zero attached hydrogens (tertiary/aromatic N) is 1. The third kappa shape index (κ3) is 6.94. The molecule has 2 amide bonds. The second-order valence-corrected chi connectivity index (χ2v) is 9.56. The van der Waals surface area contributed by atoms with Crippen molar-refractivity contribution in [3.8, 4) is 11.3 Å². The largest absolute Gasteiger partial charge is 0.326 e. The second-order valence-electron chi connectivity index (χ2n) is 7.31. The van der Waals surface area contributed by atoms with Crippen molar-refractivity contribution in [2.45, 2.75) is 44.9 Å². The molecule has 5 nitrogen and oxygen atoms in total. The third-order valence-corrected chi connectivity index (χ3v) is 6.49. The standard InChI is InChI=1S/C24H27N3O2S2/c1-4-5-9-21(28)25-19-7-6-8-20(14-19)30-15-22(29)26-24-27-23(17(3)31-24)18-12-10-16(2)11-13-18/h6-8,10-14H,4-5,9,15H2,1-3H3,(H,25,28)(H,26,27,29). The van der Waals surface area contributed by atoms with Crippen LogP contribution in [-0.4, -0.2) is 22.6 Å². The van der Waals surface area contributed by atoms with Gasteiger partial charge < -0.3 is 10.6 Å². The van der Waals surface area contributed by atoms with Crippen LogP contribution in [0.1, 0.15) is 36.6 Å². The van der Waals surface area contributed by atoms with Crippen LogP contribution in [0.5, 0.6) is 0 Å². The monoisotopic (exact) mass is 453 g/mol. The van der Waals surface area contributed by atoms with Crippen LogP contribution in [0.3, 0.4) is 0 Å². The molecule has 0 unspecified atom stereocenters. The Kier molecular flexibility index (Phi) is 8.26. The molecule has 0 spiro atoms. The van der Waals surface area contributed by atoms with Crippen molar-refractivity contribution < 1.29 is 9.59 Å². The number of benzene rings is 2. The van der Waals surface area contributed by atoms with Crippen molar-refractivity contribution in [2.24, 2.45) is 0 Å². The number of thioether (sulfide) groups is 1. The van der Waals surface area contributed by atoms with Gasteiger partial charge in [-0.3, -0.25) is 9.59 Å². The van der Waals surface area contributed by atoms with E-state index in [0.29, 0.717) is 11.6 Å². The fourth-order valence-corrected chi connectivity index (χ4v) is 4.56. The van der Waals surface area contributed by atoms with Crippen molar-refractivity contribution in [1.29, 1.82) is 0 Å². The number of carbonyl (C=O) groups is 2. The van der Waals surface area contributed by atoms with Crippen LogP contribution in [0.25, 0.3) is 11.3 Å². The highest BCUT2D eigenvalue weighted by Crippen LogP contribution is 2.31. The van der Waals surface area contributed by atoms with E-state index in [9.17, 15) is 9.59 Å². The SMILES string of the molecule is CCCCC(=O)Nc1cccc(SCC(=O)Nc2nc(-c3ccc(C)cc3)c(C)s2)c1. The van der Waals surface area contributed by atoms with E-state index in [1.807, 2.05) is 43.3 Å². The van der Waals surface area contributed by atoms with Crippen LogP contribution in [-0.2, 0) is 9.59 Å². The summed E-state index contributed by atoms with van der Waals surface area (Å²) in [5.41, 5.74) is 3.91. The first-order chi connectivity index (χ1) is 14.9. The van der Waals surface area contributed by atoms with Gasteiger partial charge in [0, 0.05) is 27.4 Å². The Morgan fingerprint density at radius 1 is 1.03 bits per heavy atom. The number of hydrogen-bond acceptors (Lipinski definition) is 5. The summed E-state index contributed by atoms with van der Waals surface area (Å²) >= 11 is 2.91. The van der Waals surface area contributed by atoms with E-state index >= 15 is 0 Å². The molecule has 0 aliphatic rings. The highest BCUT2D eigenvalue weighted by Gasteiger charge is 2.12. The van der Waals surface area contributed by atoms with Gasteiger partial charge >= 0.3 is 0 Å². The van der Waals surface area contributed by atoms with Gasteiger partial charge in [0.25, 0.3) is 0 Å². The Morgan fingerprint density at radius 3 is 2.55 bits per heavy atom. The number of nitrogens with one attached hydrogen (secondary N) is 2. The fourth-order valence-electron chi connectivity index (χ4n) is 2.96. The number of aromatic nitrogens is 1. The van der Waals surface area contributed by atoms with Gasteiger partial charge in [-0.1, -0.05) is 49.2 Å². The number of unbranched alkanes of at least 4 members (excludes halogenated alkanes) is 1. The van der Waals surface area contributed by atoms with Gasteiger partial charge in [-0.05, 0) is 38.5 Å². The molecule has 1 heterocycles. The summed E-state index contributed by atoms with van der Waals surface area (Å²) in [4.78, 5) is 30.9. The zero-order valence-corrected chi connectivity index (χ0v) is 19.7. The lowest BCUT2D eigenvalue weighted by atomic mass is 10.1. The number of thiazole rings is 1. The molecule has 3 aromatic rings. The number of rotatable bonds is 9. The van der Waals surface area contributed by atoms with E-state index in [4.69, 9.17) is 0 Å². The minimum Gasteiger partial charge on any atom is -0.326 e. The van der Waals surface area contributed by atoms with Crippen LogP contribution in [0.2, 0.25) is 0 Å². The van der Waals surface area contributed by atoms with E-state index in [1.54, 1.807) is 0 Å². The quantitative estimate of drug-likeness (QED) is 0.374. The van der Waals surface area contributed by atoms with Gasteiger partial charge in [0.1, 0.15) is 0 Å². The maximum absolute atomic E-state index is 12.4. The molecule has 0 saturated heterocycles. The average molecular weight is 454 g/mol. The lowest BCUT2D eigenvalue weighted by Gasteiger charge is -2.07. The summed E-state index contributed by atoms with van der Waals surface area (Å²) in [7, 11) is 0. The number of aryl methyl sites for hydroxylation is 2. The lowest BCUT2D eigenvalue weighted by molar-refractivity contribution is -0.116. The Hall–Kier alpha value is -2.64. The van der Waals surface area contributed by atoms with Crippen LogP contribution in [0, 0.1) is 13.8 Å². The number of amides is 2. The Labute approximate surface area is 191 Å². The van der Waals surface area contributed by atoms with Gasteiger partial charge in [0.05, 0.1) is 11.4 Å². The summed E-state index contributed by atoms with van der Waals surface area (Å²) in [6.45, 7) is 6.13. The third-order valence-electron chi connectivity index (χ3n) is 4.61. The van der Waals surface area contributed by atoms with E-state index in [-0.39, 0.29) is 17.6 Å². The molecule has 31 heavy (non-hydrogen) atoms. The highest BCUT2D eigenvalue weighted by molar-refractivity contribution is 8.00. The molecule has 162 valence electrons. The summed E-state index contributed by atoms with van der Waals surface area (Å²) in [5.74, 6) is 0.183. The summed E-state index contributed by atoms with van der Waals surface area (Å²) in [6.07, 6.45) is 2.39. The zero-order valence-electron chi connectivity index (χ0n) is 18.0. The zero-order chi connectivity index (χ0) is 22.2. The molecule has 1 aromatic heterocycles. The van der Waals surface area contributed by atoms with Crippen LogP contribution in [0.4, 0.5) is 10.8 Å². The average Bonchev–Trinajstić information content (AvgIpc) is 3.11. The first-order valence-electron chi connectivity index (χ1n) is 10.3. The summed E-state index contributed by atoms with van der Waals surface area (Å²) in [6, 6.07) is 15.8. The highest BCUT2D eigenvalue weighted by atomic mass is 32.2. The van der Waals surface area contributed by atoms with Crippen LogP contribution in [0.15, 0.2) is 53.4 Å². The van der Waals surface area contributed by atoms with E-state index < -0.39 is 0 Å². The molecule has 3 rings (SSSR count). The molecule has 2 aromatic carbocycles. The molecule has 0 bridgehead atoms. The topological polar surface area (TPSA) is 71.1 Å². The number of carbonyl (C=O) groups excluding carboxylic acids is 2. The molecule has 0 radical (unpaired) electrons. The van der Waals surface area contributed by atoms with Crippen molar-refractivity contribution in [3.63, 3.8) is 0 Å². The van der Waals surface area contributed by atoms with Crippen LogP contribution < -0.4 is 10.6 Å². The van der Waals surface area contributed by atoms with Gasteiger partial charge in [-0.25, -0.2) is 4.98 Å². The number of hydrogen-bond donors (Lipinski definition) is 2. The summed E-state index contributed by atoms with van der Waals surface area (Å²) in [5, 5.41) is 6.42. The Bertz CT molecular complexity index is 1050. The van der Waals surface area contributed by atoms with Gasteiger partial charge in [-0.15, -0.1) is 23.1 Å². The minimum absolute atomic E-state index is 0.0188. The Balaban J connectivity index is 1.55. The molecular formula is C24H27N3O2S2. The predicted molar refractivity (Wildman–Crippen MR) is 131 cm³/mol. The van der Waals surface area contributed by atoms with Crippen molar-refractivity contribution in [3.05, 3.63) is 59.0 Å². The molecule has 0 atom stereocenters. The predicted octanol–water partition coefficient (Wildman–Crippen LogP) is 6.29. The lowest BCUT2D eigenvalue weighted by Crippen LogP contribution is -2.14. The molecule has 0 saturated carbocycles. The molecule has 0 aliphatic carbocycles. The normalized spacial score (nSPS) is 10.7. The maximum atomic E-state index is 12.4.